The summed E-state index contributed by atoms with van der Waals surface area (Å²) in [6, 6.07) is 0.207. The highest BCUT2D eigenvalue weighted by molar-refractivity contribution is 4.60. The third-order valence-corrected chi connectivity index (χ3v) is 1.86. The molecule has 0 amide bonds. The van der Waals surface area contributed by atoms with Gasteiger partial charge in [0.2, 0.25) is 0 Å². The molecule has 0 saturated heterocycles. The van der Waals surface area contributed by atoms with Crippen LogP contribution in [-0.4, -0.2) is 17.8 Å². The van der Waals surface area contributed by atoms with Crippen molar-refractivity contribution in [2.75, 3.05) is 6.61 Å². The number of hydrogen-bond acceptors (Lipinski definition) is 2. The molecule has 1 atom stereocenters. The van der Waals surface area contributed by atoms with Crippen molar-refractivity contribution in [3.63, 3.8) is 0 Å². The van der Waals surface area contributed by atoms with Crippen molar-refractivity contribution in [3.8, 4) is 0 Å². The molecular formula is C9H21NO. The Labute approximate surface area is 69.8 Å². The SMILES string of the molecule is CC(C)CCCC(N)CCO. The number of aliphatic hydroxyl groups is 1. The highest BCUT2D eigenvalue weighted by Gasteiger charge is 2.01. The predicted octanol–water partition coefficient (Wildman–Crippen LogP) is 1.52. The molecule has 0 aromatic heterocycles. The molecule has 2 heteroatoms. The molecule has 0 aliphatic rings. The molecule has 0 fully saturated rings. The molecule has 0 heterocycles. The fraction of sp³-hybridized carbons (Fsp3) is 1.00. The first kappa shape index (κ1) is 10.9. The van der Waals surface area contributed by atoms with Gasteiger partial charge in [0.1, 0.15) is 0 Å². The van der Waals surface area contributed by atoms with Crippen LogP contribution in [-0.2, 0) is 0 Å². The Bertz CT molecular complexity index is 83.6. The van der Waals surface area contributed by atoms with Crippen molar-refractivity contribution in [1.82, 2.24) is 0 Å². The highest BCUT2D eigenvalue weighted by atomic mass is 16.3. The van der Waals surface area contributed by atoms with Gasteiger partial charge in [0.15, 0.2) is 0 Å². The molecule has 2 nitrogen and oxygen atoms in total. The van der Waals surface area contributed by atoms with Crippen LogP contribution >= 0.6 is 0 Å². The monoisotopic (exact) mass is 159 g/mol. The van der Waals surface area contributed by atoms with Gasteiger partial charge in [0.05, 0.1) is 0 Å². The van der Waals surface area contributed by atoms with Crippen molar-refractivity contribution in [1.29, 1.82) is 0 Å². The number of aliphatic hydroxyl groups excluding tert-OH is 1. The second-order valence-corrected chi connectivity index (χ2v) is 3.60. The van der Waals surface area contributed by atoms with E-state index in [2.05, 4.69) is 13.8 Å². The lowest BCUT2D eigenvalue weighted by molar-refractivity contribution is 0.271. The van der Waals surface area contributed by atoms with E-state index in [0.717, 1.165) is 18.8 Å². The van der Waals surface area contributed by atoms with E-state index in [9.17, 15) is 0 Å². The summed E-state index contributed by atoms with van der Waals surface area (Å²) in [5.74, 6) is 0.774. The van der Waals surface area contributed by atoms with Gasteiger partial charge in [-0.05, 0) is 18.8 Å². The minimum Gasteiger partial charge on any atom is -0.396 e. The van der Waals surface area contributed by atoms with Gasteiger partial charge in [-0.2, -0.15) is 0 Å². The van der Waals surface area contributed by atoms with E-state index >= 15 is 0 Å². The molecule has 3 N–H and O–H groups in total. The first-order chi connectivity index (χ1) is 5.16. The second kappa shape index (κ2) is 6.62. The summed E-state index contributed by atoms with van der Waals surface area (Å²) >= 11 is 0. The van der Waals surface area contributed by atoms with Crippen molar-refractivity contribution < 1.29 is 5.11 Å². The number of nitrogens with two attached hydrogens (primary N) is 1. The van der Waals surface area contributed by atoms with Crippen LogP contribution in [0, 0.1) is 5.92 Å². The molecule has 0 spiro atoms. The first-order valence-electron chi connectivity index (χ1n) is 4.53. The Balaban J connectivity index is 3.10. The predicted molar refractivity (Wildman–Crippen MR) is 48.4 cm³/mol. The fourth-order valence-electron chi connectivity index (χ4n) is 1.10. The van der Waals surface area contributed by atoms with Gasteiger partial charge in [0, 0.05) is 12.6 Å². The summed E-state index contributed by atoms with van der Waals surface area (Å²) in [6.45, 7) is 4.66. The van der Waals surface area contributed by atoms with Crippen molar-refractivity contribution in [2.45, 2.75) is 45.6 Å². The maximum atomic E-state index is 8.57. The molecule has 0 aromatic carbocycles. The van der Waals surface area contributed by atoms with Crippen LogP contribution in [0.2, 0.25) is 0 Å². The molecule has 0 aliphatic heterocycles. The van der Waals surface area contributed by atoms with Crippen molar-refractivity contribution >= 4 is 0 Å². The van der Waals surface area contributed by atoms with E-state index in [1.54, 1.807) is 0 Å². The van der Waals surface area contributed by atoms with E-state index in [1.807, 2.05) is 0 Å². The summed E-state index contributed by atoms with van der Waals surface area (Å²) in [7, 11) is 0. The maximum absolute atomic E-state index is 8.57. The van der Waals surface area contributed by atoms with Crippen LogP contribution < -0.4 is 5.73 Å². The van der Waals surface area contributed by atoms with Crippen LogP contribution in [0.15, 0.2) is 0 Å². The molecule has 0 radical (unpaired) electrons. The topological polar surface area (TPSA) is 46.2 Å². The number of hydrogen-bond donors (Lipinski definition) is 2. The Morgan fingerprint density at radius 2 is 1.82 bits per heavy atom. The van der Waals surface area contributed by atoms with E-state index in [1.165, 1.54) is 12.8 Å². The van der Waals surface area contributed by atoms with Crippen LogP contribution in [0.3, 0.4) is 0 Å². The van der Waals surface area contributed by atoms with Gasteiger partial charge in [0.25, 0.3) is 0 Å². The van der Waals surface area contributed by atoms with E-state index in [-0.39, 0.29) is 12.6 Å². The van der Waals surface area contributed by atoms with E-state index < -0.39 is 0 Å². The average molecular weight is 159 g/mol. The zero-order valence-electron chi connectivity index (χ0n) is 7.71. The van der Waals surface area contributed by atoms with Gasteiger partial charge >= 0.3 is 0 Å². The average Bonchev–Trinajstić information content (AvgIpc) is 1.87. The molecule has 0 bridgehead atoms. The lowest BCUT2D eigenvalue weighted by atomic mass is 10.0. The summed E-state index contributed by atoms with van der Waals surface area (Å²) < 4.78 is 0. The first-order valence-corrected chi connectivity index (χ1v) is 4.53. The van der Waals surface area contributed by atoms with Crippen LogP contribution in [0.1, 0.15) is 39.5 Å². The van der Waals surface area contributed by atoms with Gasteiger partial charge in [-0.1, -0.05) is 26.7 Å². The summed E-state index contributed by atoms with van der Waals surface area (Å²) in [6.07, 6.45) is 4.24. The third-order valence-electron chi connectivity index (χ3n) is 1.86. The maximum Gasteiger partial charge on any atom is 0.0445 e. The molecule has 11 heavy (non-hydrogen) atoms. The van der Waals surface area contributed by atoms with Crippen LogP contribution in [0.25, 0.3) is 0 Å². The molecule has 0 rings (SSSR count). The molecular weight excluding hydrogens is 138 g/mol. The third kappa shape index (κ3) is 7.82. The second-order valence-electron chi connectivity index (χ2n) is 3.60. The zero-order chi connectivity index (χ0) is 8.69. The van der Waals surface area contributed by atoms with Gasteiger partial charge in [-0.25, -0.2) is 0 Å². The lowest BCUT2D eigenvalue weighted by Crippen LogP contribution is -2.21. The molecule has 0 aliphatic carbocycles. The van der Waals surface area contributed by atoms with Crippen LogP contribution in [0.5, 0.6) is 0 Å². The summed E-state index contributed by atoms with van der Waals surface area (Å²) in [4.78, 5) is 0. The Morgan fingerprint density at radius 1 is 1.18 bits per heavy atom. The highest BCUT2D eigenvalue weighted by Crippen LogP contribution is 2.08. The van der Waals surface area contributed by atoms with E-state index in [0.29, 0.717) is 0 Å². The van der Waals surface area contributed by atoms with Crippen molar-refractivity contribution in [3.05, 3.63) is 0 Å². The minimum atomic E-state index is 0.207. The summed E-state index contributed by atoms with van der Waals surface area (Å²) in [5.41, 5.74) is 5.71. The standard InChI is InChI=1S/C9H21NO/c1-8(2)4-3-5-9(10)6-7-11/h8-9,11H,3-7,10H2,1-2H3. The Morgan fingerprint density at radius 3 is 2.27 bits per heavy atom. The Kier molecular flexibility index (Phi) is 6.57. The smallest absolute Gasteiger partial charge is 0.0445 e. The van der Waals surface area contributed by atoms with Gasteiger partial charge in [-0.3, -0.25) is 0 Å². The molecule has 68 valence electrons. The Hall–Kier alpha value is -0.0800. The fourth-order valence-corrected chi connectivity index (χ4v) is 1.10. The summed E-state index contributed by atoms with van der Waals surface area (Å²) in [5, 5.41) is 8.57. The van der Waals surface area contributed by atoms with Crippen molar-refractivity contribution in [2.24, 2.45) is 11.7 Å². The largest absolute Gasteiger partial charge is 0.396 e. The molecule has 1 unspecified atom stereocenters. The van der Waals surface area contributed by atoms with E-state index in [4.69, 9.17) is 10.8 Å². The van der Waals surface area contributed by atoms with Crippen LogP contribution in [0.4, 0.5) is 0 Å². The minimum absolute atomic E-state index is 0.207. The molecule has 0 saturated carbocycles. The normalized spacial score (nSPS) is 13.9. The molecule has 0 aromatic rings. The number of rotatable bonds is 6. The van der Waals surface area contributed by atoms with Gasteiger partial charge < -0.3 is 10.8 Å². The van der Waals surface area contributed by atoms with Gasteiger partial charge in [-0.15, -0.1) is 0 Å². The quantitative estimate of drug-likeness (QED) is 0.617. The zero-order valence-corrected chi connectivity index (χ0v) is 7.71. The lowest BCUT2D eigenvalue weighted by Gasteiger charge is -2.10.